The lowest BCUT2D eigenvalue weighted by Gasteiger charge is -2.18. The number of rotatable bonds is 4. The molecule has 0 bridgehead atoms. The Hall–Kier alpha value is -1.88. The van der Waals surface area contributed by atoms with Gasteiger partial charge in [0.1, 0.15) is 24.1 Å². The molecule has 0 saturated carbocycles. The fraction of sp³-hybridized carbons (Fsp3) is 0.267. The van der Waals surface area contributed by atoms with Crippen molar-refractivity contribution >= 4 is 17.6 Å². The zero-order chi connectivity index (χ0) is 13.8. The van der Waals surface area contributed by atoms with E-state index in [2.05, 4.69) is 17.2 Å². The molecule has 3 rings (SSSR count). The molecule has 1 aliphatic heterocycles. The van der Waals surface area contributed by atoms with E-state index in [0.29, 0.717) is 13.2 Å². The molecule has 2 heterocycles. The van der Waals surface area contributed by atoms with Crippen LogP contribution in [0.5, 0.6) is 11.5 Å². The van der Waals surface area contributed by atoms with Gasteiger partial charge in [-0.2, -0.15) is 0 Å². The van der Waals surface area contributed by atoms with Crippen LogP contribution in [0.1, 0.15) is 6.92 Å². The van der Waals surface area contributed by atoms with Gasteiger partial charge in [0, 0.05) is 11.4 Å². The van der Waals surface area contributed by atoms with Crippen molar-refractivity contribution in [2.24, 2.45) is 0 Å². The van der Waals surface area contributed by atoms with Crippen LogP contribution >= 0.6 is 11.8 Å². The summed E-state index contributed by atoms with van der Waals surface area (Å²) in [7, 11) is 0. The summed E-state index contributed by atoms with van der Waals surface area (Å²) >= 11 is 1.61. The summed E-state index contributed by atoms with van der Waals surface area (Å²) in [4.78, 5) is 5.64. The topological polar surface area (TPSA) is 43.4 Å². The first-order valence-corrected chi connectivity index (χ1v) is 7.45. The highest BCUT2D eigenvalue weighted by atomic mass is 32.2. The molecular formula is C15H16N2O2S. The Morgan fingerprint density at radius 1 is 1.15 bits per heavy atom. The summed E-state index contributed by atoms with van der Waals surface area (Å²) in [5.74, 6) is 2.52. The molecule has 1 aromatic heterocycles. The van der Waals surface area contributed by atoms with Crippen LogP contribution in [0.3, 0.4) is 0 Å². The first-order valence-electron chi connectivity index (χ1n) is 6.63. The van der Waals surface area contributed by atoms with Gasteiger partial charge >= 0.3 is 0 Å². The third kappa shape index (κ3) is 2.99. The first kappa shape index (κ1) is 13.1. The molecule has 1 N–H and O–H groups in total. The second-order valence-corrected chi connectivity index (χ2v) is 5.39. The Kier molecular flexibility index (Phi) is 3.97. The Labute approximate surface area is 122 Å². The molecule has 1 aliphatic rings. The summed E-state index contributed by atoms with van der Waals surface area (Å²) in [6.45, 7) is 4.15. The molecule has 5 heteroatoms. The van der Waals surface area contributed by atoms with Gasteiger partial charge in [0.25, 0.3) is 0 Å². The minimum atomic E-state index is 0.606. The number of hydrogen-bond acceptors (Lipinski definition) is 5. The Bertz CT molecular complexity index is 604. The van der Waals surface area contributed by atoms with Crippen LogP contribution < -0.4 is 14.8 Å². The van der Waals surface area contributed by atoms with E-state index in [4.69, 9.17) is 9.47 Å². The maximum absolute atomic E-state index is 5.59. The number of benzene rings is 1. The quantitative estimate of drug-likeness (QED) is 0.933. The van der Waals surface area contributed by atoms with Crippen molar-refractivity contribution < 1.29 is 9.47 Å². The number of fused-ring (bicyclic) bond motifs is 1. The summed E-state index contributed by atoms with van der Waals surface area (Å²) in [6.07, 6.45) is 0. The van der Waals surface area contributed by atoms with Gasteiger partial charge in [-0.05, 0) is 37.3 Å². The number of hydrogen-bond donors (Lipinski definition) is 1. The highest BCUT2D eigenvalue weighted by Crippen LogP contribution is 2.36. The van der Waals surface area contributed by atoms with Crippen LogP contribution in [-0.2, 0) is 0 Å². The minimum absolute atomic E-state index is 0.606. The van der Waals surface area contributed by atoms with Crippen molar-refractivity contribution in [3.63, 3.8) is 0 Å². The van der Waals surface area contributed by atoms with Crippen molar-refractivity contribution in [1.29, 1.82) is 0 Å². The Balaban J connectivity index is 1.78. The van der Waals surface area contributed by atoms with Crippen molar-refractivity contribution in [2.75, 3.05) is 25.1 Å². The maximum Gasteiger partial charge on any atom is 0.162 e. The van der Waals surface area contributed by atoms with Crippen LogP contribution in [0, 0.1) is 0 Å². The number of pyridine rings is 1. The van der Waals surface area contributed by atoms with Crippen LogP contribution in [0.4, 0.5) is 5.82 Å². The summed E-state index contributed by atoms with van der Waals surface area (Å²) < 4.78 is 11.1. The molecule has 2 aromatic rings. The van der Waals surface area contributed by atoms with Gasteiger partial charge in [-0.25, -0.2) is 4.98 Å². The highest BCUT2D eigenvalue weighted by Gasteiger charge is 2.12. The number of aromatic nitrogens is 1. The van der Waals surface area contributed by atoms with E-state index in [1.807, 2.05) is 36.4 Å². The summed E-state index contributed by atoms with van der Waals surface area (Å²) in [6, 6.07) is 12.0. The lowest BCUT2D eigenvalue weighted by molar-refractivity contribution is 0.171. The molecule has 0 amide bonds. The monoisotopic (exact) mass is 288 g/mol. The molecule has 0 fully saturated rings. The predicted octanol–water partition coefficient (Wildman–Crippen LogP) is 3.44. The van der Waals surface area contributed by atoms with Gasteiger partial charge in [-0.1, -0.05) is 17.8 Å². The van der Waals surface area contributed by atoms with Crippen molar-refractivity contribution in [3.8, 4) is 11.5 Å². The molecule has 4 nitrogen and oxygen atoms in total. The Morgan fingerprint density at radius 3 is 2.85 bits per heavy atom. The second-order valence-electron chi connectivity index (χ2n) is 4.30. The number of nitrogens with one attached hydrogen (secondary N) is 1. The van der Waals surface area contributed by atoms with E-state index in [0.717, 1.165) is 33.8 Å². The molecule has 0 aliphatic carbocycles. The van der Waals surface area contributed by atoms with Crippen molar-refractivity contribution in [1.82, 2.24) is 4.98 Å². The molecule has 104 valence electrons. The predicted molar refractivity (Wildman–Crippen MR) is 80.0 cm³/mol. The fourth-order valence-electron chi connectivity index (χ4n) is 1.96. The van der Waals surface area contributed by atoms with E-state index in [-0.39, 0.29) is 0 Å². The second kappa shape index (κ2) is 6.05. The summed E-state index contributed by atoms with van der Waals surface area (Å²) in [5, 5.41) is 4.17. The molecule has 1 aromatic carbocycles. The minimum Gasteiger partial charge on any atom is -0.486 e. The normalized spacial score (nSPS) is 13.1. The largest absolute Gasteiger partial charge is 0.486 e. The van der Waals surface area contributed by atoms with Crippen molar-refractivity contribution in [2.45, 2.75) is 16.8 Å². The fourth-order valence-corrected chi connectivity index (χ4v) is 2.79. The molecular weight excluding hydrogens is 272 g/mol. The molecule has 0 spiro atoms. The molecule has 0 saturated heterocycles. The average molecular weight is 288 g/mol. The van der Waals surface area contributed by atoms with E-state index in [1.54, 1.807) is 11.8 Å². The first-order chi connectivity index (χ1) is 9.85. The third-order valence-corrected chi connectivity index (χ3v) is 3.74. The third-order valence-electron chi connectivity index (χ3n) is 2.82. The SMILES string of the molecule is CCNc1cccc(Sc2ccc3c(c2)OCCO3)n1. The van der Waals surface area contributed by atoms with Crippen LogP contribution in [0.2, 0.25) is 0 Å². The Morgan fingerprint density at radius 2 is 2.00 bits per heavy atom. The van der Waals surface area contributed by atoms with E-state index in [9.17, 15) is 0 Å². The molecule has 0 atom stereocenters. The van der Waals surface area contributed by atoms with Gasteiger partial charge < -0.3 is 14.8 Å². The van der Waals surface area contributed by atoms with E-state index < -0.39 is 0 Å². The van der Waals surface area contributed by atoms with Crippen LogP contribution in [0.15, 0.2) is 46.3 Å². The van der Waals surface area contributed by atoms with E-state index in [1.165, 1.54) is 0 Å². The van der Waals surface area contributed by atoms with Crippen LogP contribution in [0.25, 0.3) is 0 Å². The molecule has 20 heavy (non-hydrogen) atoms. The highest BCUT2D eigenvalue weighted by molar-refractivity contribution is 7.99. The average Bonchev–Trinajstić information content (AvgIpc) is 2.48. The number of ether oxygens (including phenoxy) is 2. The standard InChI is InChI=1S/C15H16N2O2S/c1-2-16-14-4-3-5-15(17-14)20-11-6-7-12-13(10-11)19-9-8-18-12/h3-7,10H,2,8-9H2,1H3,(H,16,17). The molecule has 0 unspecified atom stereocenters. The lowest BCUT2D eigenvalue weighted by Crippen LogP contribution is -2.15. The van der Waals surface area contributed by atoms with Crippen molar-refractivity contribution in [3.05, 3.63) is 36.4 Å². The van der Waals surface area contributed by atoms with Gasteiger partial charge in [-0.3, -0.25) is 0 Å². The van der Waals surface area contributed by atoms with Gasteiger partial charge in [0.2, 0.25) is 0 Å². The van der Waals surface area contributed by atoms with E-state index >= 15 is 0 Å². The number of nitrogens with zero attached hydrogens (tertiary/aromatic N) is 1. The molecule has 0 radical (unpaired) electrons. The lowest BCUT2D eigenvalue weighted by atomic mass is 10.3. The summed E-state index contributed by atoms with van der Waals surface area (Å²) in [5.41, 5.74) is 0. The van der Waals surface area contributed by atoms with Gasteiger partial charge in [-0.15, -0.1) is 0 Å². The maximum atomic E-state index is 5.59. The zero-order valence-electron chi connectivity index (χ0n) is 11.3. The number of anilines is 1. The zero-order valence-corrected chi connectivity index (χ0v) is 12.1. The van der Waals surface area contributed by atoms with Gasteiger partial charge in [0.15, 0.2) is 11.5 Å². The van der Waals surface area contributed by atoms with Crippen LogP contribution in [-0.4, -0.2) is 24.7 Å². The smallest absolute Gasteiger partial charge is 0.162 e. The van der Waals surface area contributed by atoms with Gasteiger partial charge in [0.05, 0.1) is 0 Å².